The topological polar surface area (TPSA) is 99.3 Å². The van der Waals surface area contributed by atoms with Gasteiger partial charge in [0.15, 0.2) is 0 Å². The Labute approximate surface area is 257 Å². The number of aromatic hydroxyl groups is 2. The van der Waals surface area contributed by atoms with Gasteiger partial charge in [-0.15, -0.1) is 0 Å². The minimum absolute atomic E-state index is 0.202. The quantitative estimate of drug-likeness (QED) is 0.179. The Balaban J connectivity index is 0.00000155. The summed E-state index contributed by atoms with van der Waals surface area (Å²) in [4.78, 5) is 9.32. The van der Waals surface area contributed by atoms with Crippen LogP contribution in [-0.4, -0.2) is 35.7 Å². The fourth-order valence-corrected chi connectivity index (χ4v) is 5.00. The molecular weight excluding hydrogens is 696 g/mol. The molecule has 218 valence electrons. The fourth-order valence-electron chi connectivity index (χ4n) is 5.00. The summed E-state index contributed by atoms with van der Waals surface area (Å²) in [7, 11) is 0. The van der Waals surface area contributed by atoms with Gasteiger partial charge in [0.05, 0.1) is 0 Å². The van der Waals surface area contributed by atoms with Crippen molar-refractivity contribution in [2.45, 2.75) is 41.5 Å². The summed E-state index contributed by atoms with van der Waals surface area (Å²) in [5.41, 5.74) is 10.5. The second-order valence-electron chi connectivity index (χ2n) is 11.3. The fraction of sp³-hybridized carbons (Fsp3) is 0.257. The summed E-state index contributed by atoms with van der Waals surface area (Å²) in [6.45, 7) is 13.7. The van der Waals surface area contributed by atoms with Gasteiger partial charge < -0.3 is 10.2 Å². The number of phenols is 2. The van der Waals surface area contributed by atoms with Crippen LogP contribution < -0.4 is 0 Å². The number of benzene rings is 4. The summed E-state index contributed by atoms with van der Waals surface area (Å²) in [5.74, 6) is 0.424. The van der Waals surface area contributed by atoms with Crippen LogP contribution in [0.5, 0.6) is 11.5 Å². The number of nitrogens with zero attached hydrogens (tertiary/aromatic N) is 2. The van der Waals surface area contributed by atoms with E-state index in [0.717, 1.165) is 11.1 Å². The Morgan fingerprint density at radius 2 is 0.976 bits per heavy atom. The van der Waals surface area contributed by atoms with E-state index < -0.39 is 18.5 Å². The maximum absolute atomic E-state index is 10.4. The van der Waals surface area contributed by atoms with E-state index in [0.29, 0.717) is 24.2 Å². The van der Waals surface area contributed by atoms with Gasteiger partial charge in [-0.25, -0.2) is 0 Å². The zero-order valence-electron chi connectivity index (χ0n) is 25.0. The summed E-state index contributed by atoms with van der Waals surface area (Å²) >= 11 is -2.25. The second-order valence-corrected chi connectivity index (χ2v) is 11.7. The van der Waals surface area contributed by atoms with Crippen LogP contribution in [0.1, 0.15) is 47.2 Å². The number of aliphatic imine (C=N–C) groups is 2. The monoisotopic (exact) mass is 734 g/mol. The van der Waals surface area contributed by atoms with Gasteiger partial charge in [-0.2, -0.15) is 0 Å². The predicted octanol–water partition coefficient (Wildman–Crippen LogP) is 7.99. The number of rotatable bonds is 8. The third kappa shape index (κ3) is 8.56. The standard InChI is InChI=1S/C35H38N2O2.2O.W/c1-23-9-7-10-24(2)33(23)27-13-15-31(38)29(17-27)19-36-21-35(5,6)22-37-20-30-18-28(14-16-32(30)39)34-25(3)11-8-12-26(34)4;;;/h7-20,38-39H,21-22H2,1-6H3;;;. The van der Waals surface area contributed by atoms with Crippen molar-refractivity contribution in [1.29, 1.82) is 0 Å². The SMILES string of the molecule is Cc1cccc(C)c1-c1ccc(O)c(C=NCC(C)(C)CN=Cc2cc(-c3c(C)cccc3C)ccc2O)c1.[O]=[W]=[O]. The molecule has 2 N–H and O–H groups in total. The molecule has 4 aromatic carbocycles. The van der Waals surface area contributed by atoms with Crippen LogP contribution >= 0.6 is 0 Å². The van der Waals surface area contributed by atoms with Crippen LogP contribution in [-0.2, 0) is 25.3 Å². The van der Waals surface area contributed by atoms with Crippen molar-refractivity contribution in [3.63, 3.8) is 0 Å². The molecule has 0 heterocycles. The Morgan fingerprint density at radius 1 is 0.643 bits per heavy atom. The van der Waals surface area contributed by atoms with Crippen molar-refractivity contribution in [2.75, 3.05) is 13.1 Å². The van der Waals surface area contributed by atoms with Gasteiger partial charge in [0.25, 0.3) is 0 Å². The van der Waals surface area contributed by atoms with Crippen molar-refractivity contribution < 1.29 is 35.5 Å². The van der Waals surface area contributed by atoms with Crippen LogP contribution in [0, 0.1) is 33.1 Å². The second kappa shape index (κ2) is 14.8. The molecule has 0 unspecified atom stereocenters. The van der Waals surface area contributed by atoms with Gasteiger partial charge in [0.1, 0.15) is 11.5 Å². The first-order valence-corrected chi connectivity index (χ1v) is 16.1. The molecule has 0 bridgehead atoms. The molecule has 0 aliphatic heterocycles. The molecule has 0 spiro atoms. The van der Waals surface area contributed by atoms with Gasteiger partial charge in [-0.1, -0.05) is 62.4 Å². The number of hydrogen-bond acceptors (Lipinski definition) is 6. The summed E-state index contributed by atoms with van der Waals surface area (Å²) in [6, 6.07) is 23.9. The zero-order chi connectivity index (χ0) is 30.9. The average Bonchev–Trinajstić information content (AvgIpc) is 2.92. The number of hydrogen-bond donors (Lipinski definition) is 2. The van der Waals surface area contributed by atoms with E-state index >= 15 is 0 Å². The first kappa shape index (κ1) is 32.6. The Hall–Kier alpha value is -3.89. The van der Waals surface area contributed by atoms with E-state index in [2.05, 4.69) is 87.9 Å². The summed E-state index contributed by atoms with van der Waals surface area (Å²) in [6.07, 6.45) is 3.50. The van der Waals surface area contributed by atoms with E-state index in [1.54, 1.807) is 24.6 Å². The van der Waals surface area contributed by atoms with Crippen molar-refractivity contribution in [1.82, 2.24) is 0 Å². The van der Waals surface area contributed by atoms with Crippen molar-refractivity contribution in [3.05, 3.63) is 106 Å². The van der Waals surface area contributed by atoms with E-state index in [-0.39, 0.29) is 16.9 Å². The molecule has 7 heteroatoms. The molecule has 0 saturated carbocycles. The molecule has 0 atom stereocenters. The Morgan fingerprint density at radius 3 is 1.31 bits per heavy atom. The molecule has 0 radical (unpaired) electrons. The van der Waals surface area contributed by atoms with Crippen LogP contribution in [0.25, 0.3) is 22.3 Å². The first-order chi connectivity index (χ1) is 20.0. The molecule has 6 nitrogen and oxygen atoms in total. The van der Waals surface area contributed by atoms with Gasteiger partial charge in [-0.05, 0) is 96.5 Å². The molecule has 0 amide bonds. The molecule has 0 aromatic heterocycles. The van der Waals surface area contributed by atoms with Crippen LogP contribution in [0.3, 0.4) is 0 Å². The van der Waals surface area contributed by atoms with E-state index in [1.807, 2.05) is 24.3 Å². The van der Waals surface area contributed by atoms with Crippen LogP contribution in [0.2, 0.25) is 0 Å². The van der Waals surface area contributed by atoms with Gasteiger partial charge >= 0.3 is 25.3 Å². The maximum atomic E-state index is 10.4. The van der Waals surface area contributed by atoms with Crippen LogP contribution in [0.15, 0.2) is 82.8 Å². The van der Waals surface area contributed by atoms with Crippen molar-refractivity contribution in [2.24, 2.45) is 15.4 Å². The molecule has 4 rings (SSSR count). The Kier molecular flexibility index (Phi) is 11.5. The van der Waals surface area contributed by atoms with Gasteiger partial charge in [0.2, 0.25) is 0 Å². The average molecular weight is 735 g/mol. The molecule has 42 heavy (non-hydrogen) atoms. The third-order valence-electron chi connectivity index (χ3n) is 7.09. The number of aryl methyl sites for hydroxylation is 4. The molecule has 0 saturated heterocycles. The van der Waals surface area contributed by atoms with Gasteiger partial charge in [0, 0.05) is 42.1 Å². The minimum atomic E-state index is -2.25. The predicted molar refractivity (Wildman–Crippen MR) is 166 cm³/mol. The molecule has 0 fully saturated rings. The molecule has 0 aliphatic carbocycles. The van der Waals surface area contributed by atoms with Crippen LogP contribution in [0.4, 0.5) is 0 Å². The first-order valence-electron chi connectivity index (χ1n) is 13.7. The van der Waals surface area contributed by atoms with E-state index in [4.69, 9.17) is 6.80 Å². The third-order valence-corrected chi connectivity index (χ3v) is 7.09. The summed E-state index contributed by atoms with van der Waals surface area (Å²) in [5, 5.41) is 20.9. The molecule has 0 aliphatic rings. The van der Waals surface area contributed by atoms with Crippen molar-refractivity contribution in [3.8, 4) is 33.8 Å². The Bertz CT molecular complexity index is 1500. The summed E-state index contributed by atoms with van der Waals surface area (Å²) < 4.78 is 17.1. The van der Waals surface area contributed by atoms with E-state index in [9.17, 15) is 10.2 Å². The number of phenolic OH excluding ortho intramolecular Hbond substituents is 2. The molecular formula is C35H38N2O4W. The van der Waals surface area contributed by atoms with E-state index in [1.165, 1.54) is 33.4 Å². The normalized spacial score (nSPS) is 11.5. The van der Waals surface area contributed by atoms with Gasteiger partial charge in [-0.3, -0.25) is 9.98 Å². The van der Waals surface area contributed by atoms with Crippen molar-refractivity contribution >= 4 is 12.4 Å². The zero-order valence-corrected chi connectivity index (χ0v) is 27.9. The molecule has 4 aromatic rings.